The maximum Gasteiger partial charge on any atom is 0.240 e. The van der Waals surface area contributed by atoms with E-state index in [9.17, 15) is 4.79 Å². The number of amides is 1. The van der Waals surface area contributed by atoms with Crippen molar-refractivity contribution in [1.82, 2.24) is 20.1 Å². The third-order valence-electron chi connectivity index (χ3n) is 4.82. The second kappa shape index (κ2) is 5.75. The number of carbonyl (C=O) groups is 1. The van der Waals surface area contributed by atoms with Crippen LogP contribution in [0.5, 0.6) is 0 Å². The molecule has 1 atom stereocenters. The van der Waals surface area contributed by atoms with Gasteiger partial charge in [-0.05, 0) is 32.6 Å². The van der Waals surface area contributed by atoms with E-state index < -0.39 is 5.54 Å². The number of hydrogen-bond acceptors (Lipinski definition) is 4. The summed E-state index contributed by atoms with van der Waals surface area (Å²) in [6.45, 7) is 2.92. The lowest BCUT2D eigenvalue weighted by Gasteiger charge is -2.25. The van der Waals surface area contributed by atoms with E-state index in [2.05, 4.69) is 20.1 Å². The molecule has 1 unspecified atom stereocenters. The molecule has 0 aromatic carbocycles. The fourth-order valence-electron chi connectivity index (χ4n) is 3.47. The Labute approximate surface area is 125 Å². The summed E-state index contributed by atoms with van der Waals surface area (Å²) in [6.07, 6.45) is 8.18. The Morgan fingerprint density at radius 1 is 1.24 bits per heavy atom. The van der Waals surface area contributed by atoms with Crippen LogP contribution in [0, 0.1) is 0 Å². The molecule has 1 aromatic rings. The van der Waals surface area contributed by atoms with Gasteiger partial charge in [0.1, 0.15) is 5.82 Å². The van der Waals surface area contributed by atoms with Crippen LogP contribution in [-0.4, -0.2) is 26.2 Å². The molecule has 6 nitrogen and oxygen atoms in total. The molecule has 2 aliphatic rings. The second-order valence-corrected chi connectivity index (χ2v) is 6.50. The molecule has 3 rings (SSSR count). The molecule has 2 heterocycles. The van der Waals surface area contributed by atoms with Crippen molar-refractivity contribution in [3.05, 3.63) is 11.6 Å². The molecule has 1 aliphatic carbocycles. The topological polar surface area (TPSA) is 85.8 Å². The van der Waals surface area contributed by atoms with Crippen LogP contribution in [0.15, 0.2) is 0 Å². The molecule has 1 aliphatic heterocycles. The zero-order valence-electron chi connectivity index (χ0n) is 12.8. The number of nitrogens with one attached hydrogen (secondary N) is 1. The summed E-state index contributed by atoms with van der Waals surface area (Å²) in [4.78, 5) is 12.4. The van der Waals surface area contributed by atoms with Crippen LogP contribution in [0.3, 0.4) is 0 Å². The molecule has 21 heavy (non-hydrogen) atoms. The molecule has 1 fully saturated rings. The normalized spacial score (nSPS) is 22.4. The van der Waals surface area contributed by atoms with Crippen LogP contribution in [0.4, 0.5) is 0 Å². The number of aryl methyl sites for hydroxylation is 1. The zero-order valence-corrected chi connectivity index (χ0v) is 12.8. The van der Waals surface area contributed by atoms with E-state index in [1.807, 2.05) is 6.92 Å². The molecule has 6 heteroatoms. The van der Waals surface area contributed by atoms with Gasteiger partial charge in [0.05, 0.1) is 11.6 Å². The molecule has 3 N–H and O–H groups in total. The Kier molecular flexibility index (Phi) is 3.97. The van der Waals surface area contributed by atoms with Gasteiger partial charge in [-0.15, -0.1) is 10.2 Å². The van der Waals surface area contributed by atoms with Gasteiger partial charge in [-0.2, -0.15) is 0 Å². The average molecular weight is 291 g/mol. The van der Waals surface area contributed by atoms with Gasteiger partial charge in [-0.25, -0.2) is 0 Å². The fourth-order valence-corrected chi connectivity index (χ4v) is 3.47. The molecule has 116 valence electrons. The molecule has 1 amide bonds. The first kappa shape index (κ1) is 14.5. The third-order valence-corrected chi connectivity index (χ3v) is 4.82. The quantitative estimate of drug-likeness (QED) is 0.882. The summed E-state index contributed by atoms with van der Waals surface area (Å²) in [6, 6.07) is -0.141. The van der Waals surface area contributed by atoms with Crippen molar-refractivity contribution in [3.8, 4) is 0 Å². The molecule has 0 bridgehead atoms. The van der Waals surface area contributed by atoms with Gasteiger partial charge in [0.25, 0.3) is 0 Å². The Hall–Kier alpha value is -1.43. The van der Waals surface area contributed by atoms with Crippen molar-refractivity contribution >= 4 is 5.91 Å². The van der Waals surface area contributed by atoms with Gasteiger partial charge < -0.3 is 15.6 Å². The molecular weight excluding hydrogens is 266 g/mol. The predicted molar refractivity (Wildman–Crippen MR) is 79.5 cm³/mol. The Bertz CT molecular complexity index is 518. The number of fused-ring (bicyclic) bond motifs is 1. The summed E-state index contributed by atoms with van der Waals surface area (Å²) in [5, 5.41) is 11.6. The lowest BCUT2D eigenvalue weighted by atomic mass is 9.97. The van der Waals surface area contributed by atoms with E-state index in [1.165, 1.54) is 12.8 Å². The fraction of sp³-hybridized carbons (Fsp3) is 0.800. The van der Waals surface area contributed by atoms with Gasteiger partial charge in [-0.1, -0.05) is 19.3 Å². The number of carbonyl (C=O) groups excluding carboxylic acids is 1. The summed E-state index contributed by atoms with van der Waals surface area (Å²) < 4.78 is 2.18. The molecule has 0 radical (unpaired) electrons. The first-order valence-electron chi connectivity index (χ1n) is 8.12. The maximum atomic E-state index is 12.4. The minimum Gasteiger partial charge on any atom is -0.345 e. The lowest BCUT2D eigenvalue weighted by Crippen LogP contribution is -2.52. The molecule has 1 saturated carbocycles. The van der Waals surface area contributed by atoms with E-state index in [1.54, 1.807) is 0 Å². The number of hydrogen-bond donors (Lipinski definition) is 2. The lowest BCUT2D eigenvalue weighted by molar-refractivity contribution is -0.126. The summed E-state index contributed by atoms with van der Waals surface area (Å²) >= 11 is 0. The standard InChI is InChI=1S/C15H25N5O/c1-11(17-14(21)15(16)8-4-5-9-15)13-19-18-12-7-3-2-6-10-20(12)13/h11H,2-10,16H2,1H3,(H,17,21). The highest BCUT2D eigenvalue weighted by Crippen LogP contribution is 2.28. The number of nitrogens with two attached hydrogens (primary N) is 1. The highest BCUT2D eigenvalue weighted by atomic mass is 16.2. The van der Waals surface area contributed by atoms with E-state index in [-0.39, 0.29) is 11.9 Å². The van der Waals surface area contributed by atoms with Crippen molar-refractivity contribution in [3.63, 3.8) is 0 Å². The smallest absolute Gasteiger partial charge is 0.240 e. The summed E-state index contributed by atoms with van der Waals surface area (Å²) in [5.74, 6) is 1.87. The van der Waals surface area contributed by atoms with E-state index in [0.717, 1.165) is 56.7 Å². The molecule has 0 saturated heterocycles. The van der Waals surface area contributed by atoms with Crippen molar-refractivity contribution in [1.29, 1.82) is 0 Å². The average Bonchev–Trinajstić information content (AvgIpc) is 3.01. The van der Waals surface area contributed by atoms with Crippen molar-refractivity contribution in [2.24, 2.45) is 5.73 Å². The summed E-state index contributed by atoms with van der Waals surface area (Å²) in [7, 11) is 0. The van der Waals surface area contributed by atoms with Crippen LogP contribution in [0.1, 0.15) is 69.6 Å². The van der Waals surface area contributed by atoms with Gasteiger partial charge in [-0.3, -0.25) is 4.79 Å². The highest BCUT2D eigenvalue weighted by molar-refractivity contribution is 5.86. The van der Waals surface area contributed by atoms with Crippen LogP contribution in [0.2, 0.25) is 0 Å². The minimum absolute atomic E-state index is 0.0431. The van der Waals surface area contributed by atoms with Gasteiger partial charge >= 0.3 is 0 Å². The number of rotatable bonds is 3. The number of aromatic nitrogens is 3. The zero-order chi connectivity index (χ0) is 14.9. The largest absolute Gasteiger partial charge is 0.345 e. The Balaban J connectivity index is 1.72. The van der Waals surface area contributed by atoms with Crippen molar-refractivity contribution < 1.29 is 4.79 Å². The molecule has 1 aromatic heterocycles. The first-order valence-corrected chi connectivity index (χ1v) is 8.12. The second-order valence-electron chi connectivity index (χ2n) is 6.50. The predicted octanol–water partition coefficient (Wildman–Crippen LogP) is 1.45. The Morgan fingerprint density at radius 3 is 2.76 bits per heavy atom. The first-order chi connectivity index (χ1) is 10.1. The maximum absolute atomic E-state index is 12.4. The number of nitrogens with zero attached hydrogens (tertiary/aromatic N) is 3. The van der Waals surface area contributed by atoms with Crippen LogP contribution < -0.4 is 11.1 Å². The van der Waals surface area contributed by atoms with E-state index in [0.29, 0.717) is 0 Å². The van der Waals surface area contributed by atoms with Crippen molar-refractivity contribution in [2.75, 3.05) is 0 Å². The van der Waals surface area contributed by atoms with Crippen LogP contribution >= 0.6 is 0 Å². The monoisotopic (exact) mass is 291 g/mol. The highest BCUT2D eigenvalue weighted by Gasteiger charge is 2.38. The van der Waals surface area contributed by atoms with Crippen LogP contribution in [-0.2, 0) is 17.8 Å². The Morgan fingerprint density at radius 2 is 2.00 bits per heavy atom. The molecular formula is C15H25N5O. The molecule has 0 spiro atoms. The SMILES string of the molecule is CC(NC(=O)C1(N)CCCC1)c1nnc2n1CCCCC2. The van der Waals surface area contributed by atoms with Gasteiger partial charge in [0.2, 0.25) is 5.91 Å². The van der Waals surface area contributed by atoms with Crippen LogP contribution in [0.25, 0.3) is 0 Å². The van der Waals surface area contributed by atoms with Crippen molar-refractivity contribution in [2.45, 2.75) is 76.4 Å². The van der Waals surface area contributed by atoms with E-state index in [4.69, 9.17) is 5.73 Å². The third kappa shape index (κ3) is 2.81. The minimum atomic E-state index is -0.685. The van der Waals surface area contributed by atoms with Gasteiger partial charge in [0, 0.05) is 13.0 Å². The van der Waals surface area contributed by atoms with E-state index >= 15 is 0 Å². The summed E-state index contributed by atoms with van der Waals surface area (Å²) in [5.41, 5.74) is 5.53. The van der Waals surface area contributed by atoms with Gasteiger partial charge in [0.15, 0.2) is 5.82 Å².